The van der Waals surface area contributed by atoms with E-state index in [1.807, 2.05) is 0 Å². The lowest BCUT2D eigenvalue weighted by Crippen LogP contribution is -2.62. The van der Waals surface area contributed by atoms with Gasteiger partial charge in [0.1, 0.15) is 5.82 Å². The highest BCUT2D eigenvalue weighted by Gasteiger charge is 2.51. The molecule has 1 aliphatic carbocycles. The number of nitrogens with zero attached hydrogens (tertiary/aromatic N) is 2. The predicted octanol–water partition coefficient (Wildman–Crippen LogP) is 2.44. The smallest absolute Gasteiger partial charge is 0.209 e. The first-order valence-electron chi connectivity index (χ1n) is 7.28. The molecule has 2 aromatic rings. The molecule has 1 aromatic carbocycles. The highest BCUT2D eigenvalue weighted by molar-refractivity contribution is 5.55. The van der Waals surface area contributed by atoms with Gasteiger partial charge in [0.25, 0.3) is 0 Å². The third-order valence-electron chi connectivity index (χ3n) is 4.37. The molecule has 21 heavy (non-hydrogen) atoms. The molecule has 2 heterocycles. The van der Waals surface area contributed by atoms with Gasteiger partial charge in [0.15, 0.2) is 5.76 Å². The molecule has 0 unspecified atom stereocenters. The first-order chi connectivity index (χ1) is 10.1. The average molecular weight is 288 g/mol. The monoisotopic (exact) mass is 288 g/mol. The number of hydrogen-bond acceptors (Lipinski definition) is 4. The Morgan fingerprint density at radius 2 is 2.00 bits per heavy atom. The third-order valence-corrected chi connectivity index (χ3v) is 4.37. The number of likely N-dealkylation sites (tertiary alicyclic amines) is 1. The lowest BCUT2D eigenvalue weighted by molar-refractivity contribution is -0.118. The van der Waals surface area contributed by atoms with Crippen LogP contribution in [0.1, 0.15) is 18.7 Å². The number of benzene rings is 1. The zero-order valence-corrected chi connectivity index (χ0v) is 11.6. The van der Waals surface area contributed by atoms with Crippen LogP contribution in [0.3, 0.4) is 0 Å². The lowest BCUT2D eigenvalue weighted by atomic mass is 9.89. The minimum Gasteiger partial charge on any atom is -0.439 e. The Balaban J connectivity index is 1.40. The standard InChI is InChI=1S/C16H17FN2O2/c17-13-5-1-11(2-6-13)14-7-18-15(21-14)8-19-9-16(20,10-19)12-3-4-12/h1-2,5-7,12,20H,3-4,8-10H2. The van der Waals surface area contributed by atoms with Crippen LogP contribution >= 0.6 is 0 Å². The van der Waals surface area contributed by atoms with E-state index in [1.165, 1.54) is 12.1 Å². The van der Waals surface area contributed by atoms with Gasteiger partial charge >= 0.3 is 0 Å². The molecule has 0 spiro atoms. The van der Waals surface area contributed by atoms with Crippen LogP contribution in [0.2, 0.25) is 0 Å². The second kappa shape index (κ2) is 4.64. The molecule has 1 aromatic heterocycles. The first-order valence-corrected chi connectivity index (χ1v) is 7.28. The van der Waals surface area contributed by atoms with Crippen molar-refractivity contribution in [3.63, 3.8) is 0 Å². The van der Waals surface area contributed by atoms with E-state index in [2.05, 4.69) is 9.88 Å². The van der Waals surface area contributed by atoms with Crippen LogP contribution in [0.4, 0.5) is 4.39 Å². The molecule has 2 aliphatic rings. The van der Waals surface area contributed by atoms with Crippen LogP contribution in [-0.4, -0.2) is 33.7 Å². The second-order valence-corrected chi connectivity index (χ2v) is 6.15. The van der Waals surface area contributed by atoms with Crippen LogP contribution in [0.25, 0.3) is 11.3 Å². The summed E-state index contributed by atoms with van der Waals surface area (Å²) in [4.78, 5) is 6.40. The highest BCUT2D eigenvalue weighted by Crippen LogP contribution is 2.44. The van der Waals surface area contributed by atoms with Crippen molar-refractivity contribution in [2.75, 3.05) is 13.1 Å². The van der Waals surface area contributed by atoms with Crippen LogP contribution in [-0.2, 0) is 6.54 Å². The van der Waals surface area contributed by atoms with Gasteiger partial charge in [-0.2, -0.15) is 0 Å². The van der Waals surface area contributed by atoms with Crippen LogP contribution < -0.4 is 0 Å². The van der Waals surface area contributed by atoms with E-state index in [4.69, 9.17) is 4.42 Å². The SMILES string of the molecule is OC1(C2CC2)CN(Cc2ncc(-c3ccc(F)cc3)o2)C1. The topological polar surface area (TPSA) is 49.5 Å². The van der Waals surface area contributed by atoms with Gasteiger partial charge in [0.05, 0.1) is 18.3 Å². The first kappa shape index (κ1) is 13.0. The Bertz CT molecular complexity index is 643. The van der Waals surface area contributed by atoms with Crippen molar-refractivity contribution in [2.45, 2.75) is 25.0 Å². The molecule has 0 bridgehead atoms. The van der Waals surface area contributed by atoms with Gasteiger partial charge in [-0.15, -0.1) is 0 Å². The van der Waals surface area contributed by atoms with E-state index in [-0.39, 0.29) is 5.82 Å². The summed E-state index contributed by atoms with van der Waals surface area (Å²) in [7, 11) is 0. The van der Waals surface area contributed by atoms with E-state index in [1.54, 1.807) is 18.3 Å². The summed E-state index contributed by atoms with van der Waals surface area (Å²) in [5, 5.41) is 10.3. The molecule has 1 aliphatic heterocycles. The van der Waals surface area contributed by atoms with Gasteiger partial charge in [-0.05, 0) is 43.0 Å². The van der Waals surface area contributed by atoms with Crippen molar-refractivity contribution >= 4 is 0 Å². The minimum atomic E-state index is -0.480. The summed E-state index contributed by atoms with van der Waals surface area (Å²) in [6, 6.07) is 6.16. The number of aliphatic hydroxyl groups is 1. The Hall–Kier alpha value is -1.72. The fourth-order valence-corrected chi connectivity index (χ4v) is 3.04. The Labute approximate surface area is 122 Å². The molecule has 1 saturated carbocycles. The fourth-order valence-electron chi connectivity index (χ4n) is 3.04. The maximum atomic E-state index is 12.9. The van der Waals surface area contributed by atoms with Gasteiger partial charge in [-0.3, -0.25) is 4.90 Å². The molecule has 1 N–H and O–H groups in total. The normalized spacial score (nSPS) is 21.2. The molecular formula is C16H17FN2O2. The molecule has 110 valence electrons. The van der Waals surface area contributed by atoms with Crippen molar-refractivity contribution in [3.8, 4) is 11.3 Å². The number of hydrogen-bond donors (Lipinski definition) is 1. The average Bonchev–Trinajstić information content (AvgIpc) is 3.19. The number of halogens is 1. The molecular weight excluding hydrogens is 271 g/mol. The lowest BCUT2D eigenvalue weighted by Gasteiger charge is -2.46. The Morgan fingerprint density at radius 1 is 1.29 bits per heavy atom. The quantitative estimate of drug-likeness (QED) is 0.939. The number of aromatic nitrogens is 1. The van der Waals surface area contributed by atoms with Gasteiger partial charge in [-0.1, -0.05) is 0 Å². The molecule has 1 saturated heterocycles. The molecule has 4 rings (SSSR count). The van der Waals surface area contributed by atoms with Gasteiger partial charge < -0.3 is 9.52 Å². The summed E-state index contributed by atoms with van der Waals surface area (Å²) in [6.45, 7) is 2.01. The number of oxazole rings is 1. The molecule has 0 atom stereocenters. The van der Waals surface area contributed by atoms with Crippen molar-refractivity contribution < 1.29 is 13.9 Å². The van der Waals surface area contributed by atoms with E-state index >= 15 is 0 Å². The van der Waals surface area contributed by atoms with Crippen LogP contribution in [0.5, 0.6) is 0 Å². The molecule has 5 heteroatoms. The predicted molar refractivity (Wildman–Crippen MR) is 74.8 cm³/mol. The highest BCUT2D eigenvalue weighted by atomic mass is 19.1. The zero-order chi connectivity index (χ0) is 14.4. The summed E-state index contributed by atoms with van der Waals surface area (Å²) in [6.07, 6.45) is 3.96. The molecule has 0 radical (unpaired) electrons. The summed E-state index contributed by atoms with van der Waals surface area (Å²) >= 11 is 0. The van der Waals surface area contributed by atoms with E-state index < -0.39 is 5.60 Å². The number of β-amino-alcohol motifs (C(OH)–C–C–N with tert-alkyl or cyclic N) is 1. The van der Waals surface area contributed by atoms with Gasteiger partial charge in [-0.25, -0.2) is 9.37 Å². The van der Waals surface area contributed by atoms with E-state index in [0.29, 0.717) is 37.2 Å². The van der Waals surface area contributed by atoms with Crippen molar-refractivity contribution in [1.29, 1.82) is 0 Å². The van der Waals surface area contributed by atoms with Gasteiger partial charge in [0, 0.05) is 18.7 Å². The number of rotatable bonds is 4. The van der Waals surface area contributed by atoms with Crippen LogP contribution in [0, 0.1) is 11.7 Å². The minimum absolute atomic E-state index is 0.265. The fraction of sp³-hybridized carbons (Fsp3) is 0.438. The molecule has 0 amide bonds. The summed E-state index contributed by atoms with van der Waals surface area (Å²) < 4.78 is 18.6. The van der Waals surface area contributed by atoms with Crippen molar-refractivity contribution in [1.82, 2.24) is 9.88 Å². The van der Waals surface area contributed by atoms with Crippen LogP contribution in [0.15, 0.2) is 34.9 Å². The molecule has 4 nitrogen and oxygen atoms in total. The maximum absolute atomic E-state index is 12.9. The maximum Gasteiger partial charge on any atom is 0.209 e. The Kier molecular flexibility index (Phi) is 2.87. The van der Waals surface area contributed by atoms with E-state index in [9.17, 15) is 9.50 Å². The van der Waals surface area contributed by atoms with E-state index in [0.717, 1.165) is 18.4 Å². The zero-order valence-electron chi connectivity index (χ0n) is 11.6. The third kappa shape index (κ3) is 2.47. The van der Waals surface area contributed by atoms with Crippen molar-refractivity contribution in [3.05, 3.63) is 42.2 Å². The Morgan fingerprint density at radius 3 is 2.67 bits per heavy atom. The molecule has 2 fully saturated rings. The summed E-state index contributed by atoms with van der Waals surface area (Å²) in [5.41, 5.74) is 0.333. The van der Waals surface area contributed by atoms with Gasteiger partial charge in [0.2, 0.25) is 5.89 Å². The summed E-state index contributed by atoms with van der Waals surface area (Å²) in [5.74, 6) is 1.50. The van der Waals surface area contributed by atoms with Crippen molar-refractivity contribution in [2.24, 2.45) is 5.92 Å². The second-order valence-electron chi connectivity index (χ2n) is 6.15. The largest absolute Gasteiger partial charge is 0.439 e.